The maximum Gasteiger partial charge on any atom is 0.330 e. The van der Waals surface area contributed by atoms with Crippen molar-refractivity contribution in [1.29, 1.82) is 0 Å². The third-order valence-corrected chi connectivity index (χ3v) is 1.85. The lowest BCUT2D eigenvalue weighted by atomic mass is 10.1. The highest BCUT2D eigenvalue weighted by Gasteiger charge is 2.12. The molecule has 0 aromatic heterocycles. The second kappa shape index (κ2) is 4.93. The zero-order chi connectivity index (χ0) is 10.6. The van der Waals surface area contributed by atoms with E-state index in [2.05, 4.69) is 0 Å². The molecule has 0 spiro atoms. The second-order valence-electron chi connectivity index (χ2n) is 3.29. The number of rotatable bonds is 0. The van der Waals surface area contributed by atoms with Crippen LogP contribution in [0.2, 0.25) is 0 Å². The van der Waals surface area contributed by atoms with E-state index in [1.807, 2.05) is 0 Å². The Kier molecular flexibility index (Phi) is 3.85. The van der Waals surface area contributed by atoms with E-state index in [1.165, 1.54) is 24.3 Å². The summed E-state index contributed by atoms with van der Waals surface area (Å²) in [5.41, 5.74) is 0. The maximum absolute atomic E-state index is 11.0. The van der Waals surface area contributed by atoms with Gasteiger partial charge in [0.15, 0.2) is 0 Å². The third-order valence-electron chi connectivity index (χ3n) is 1.85. The highest BCUT2D eigenvalue weighted by Crippen LogP contribution is 2.07. The number of esters is 1. The Bertz CT molecular complexity index is 257. The van der Waals surface area contributed by atoms with E-state index in [4.69, 9.17) is 4.74 Å². The van der Waals surface area contributed by atoms with Crippen LogP contribution in [0.25, 0.3) is 0 Å². The van der Waals surface area contributed by atoms with Gasteiger partial charge in [-0.05, 0) is 13.0 Å². The minimum absolute atomic E-state index is 0.331. The standard InChI is InChI=1S/C10H14O4/c1-7-6-9(12)3-2-8(11)4-5-10(13)14-7/h2-5,7-9,11-12H,6H2,1H3/b3-2-,5-4-/t7-,8-,9-/m1/s1. The SMILES string of the molecule is C[C@@H]1C[C@H](O)/C=C\[C@@H](O)/C=C\C(=O)O1. The summed E-state index contributed by atoms with van der Waals surface area (Å²) in [4.78, 5) is 11.0. The normalized spacial score (nSPS) is 38.5. The summed E-state index contributed by atoms with van der Waals surface area (Å²) < 4.78 is 4.91. The van der Waals surface area contributed by atoms with Gasteiger partial charge in [-0.25, -0.2) is 4.79 Å². The minimum atomic E-state index is -0.856. The smallest absolute Gasteiger partial charge is 0.330 e. The van der Waals surface area contributed by atoms with Crippen molar-refractivity contribution in [3.63, 3.8) is 0 Å². The lowest BCUT2D eigenvalue weighted by Crippen LogP contribution is -2.20. The van der Waals surface area contributed by atoms with Crippen LogP contribution in [-0.2, 0) is 9.53 Å². The topological polar surface area (TPSA) is 66.8 Å². The molecule has 1 aliphatic rings. The number of aliphatic hydroxyl groups is 2. The average molecular weight is 198 g/mol. The van der Waals surface area contributed by atoms with Gasteiger partial charge in [-0.15, -0.1) is 0 Å². The summed E-state index contributed by atoms with van der Waals surface area (Å²) >= 11 is 0. The Balaban J connectivity index is 2.72. The highest BCUT2D eigenvalue weighted by molar-refractivity contribution is 5.82. The first-order valence-corrected chi connectivity index (χ1v) is 4.51. The molecule has 0 aromatic rings. The summed E-state index contributed by atoms with van der Waals surface area (Å²) in [5.74, 6) is -0.501. The van der Waals surface area contributed by atoms with Gasteiger partial charge in [0.25, 0.3) is 0 Å². The van der Waals surface area contributed by atoms with E-state index in [0.29, 0.717) is 6.42 Å². The Morgan fingerprint density at radius 1 is 1.36 bits per heavy atom. The lowest BCUT2D eigenvalue weighted by Gasteiger charge is -2.15. The molecule has 4 heteroatoms. The Morgan fingerprint density at radius 2 is 2.07 bits per heavy atom. The molecule has 3 atom stereocenters. The molecule has 4 nitrogen and oxygen atoms in total. The van der Waals surface area contributed by atoms with Gasteiger partial charge >= 0.3 is 5.97 Å². The van der Waals surface area contributed by atoms with E-state index in [-0.39, 0.29) is 6.10 Å². The Hall–Kier alpha value is -1.13. The largest absolute Gasteiger partial charge is 0.459 e. The molecule has 0 aromatic carbocycles. The van der Waals surface area contributed by atoms with E-state index in [1.54, 1.807) is 6.92 Å². The maximum atomic E-state index is 11.0. The molecule has 0 bridgehead atoms. The molecule has 0 radical (unpaired) electrons. The number of carbonyl (C=O) groups excluding carboxylic acids is 1. The molecular formula is C10H14O4. The van der Waals surface area contributed by atoms with Crippen molar-refractivity contribution < 1.29 is 19.7 Å². The monoisotopic (exact) mass is 198 g/mol. The van der Waals surface area contributed by atoms with Crippen molar-refractivity contribution in [2.75, 3.05) is 0 Å². The average Bonchev–Trinajstić information content (AvgIpc) is 2.10. The molecule has 0 saturated carbocycles. The predicted octanol–water partition coefficient (Wildman–Crippen LogP) is 0.156. The molecule has 14 heavy (non-hydrogen) atoms. The molecule has 78 valence electrons. The van der Waals surface area contributed by atoms with Crippen molar-refractivity contribution in [3.05, 3.63) is 24.3 Å². The quantitative estimate of drug-likeness (QED) is 0.429. The molecule has 0 aliphatic carbocycles. The zero-order valence-electron chi connectivity index (χ0n) is 7.96. The third kappa shape index (κ3) is 3.72. The van der Waals surface area contributed by atoms with Gasteiger partial charge in [-0.3, -0.25) is 0 Å². The van der Waals surface area contributed by atoms with E-state index in [0.717, 1.165) is 0 Å². The first kappa shape index (κ1) is 10.9. The van der Waals surface area contributed by atoms with Gasteiger partial charge in [0, 0.05) is 12.5 Å². The van der Waals surface area contributed by atoms with Gasteiger partial charge in [0.2, 0.25) is 0 Å². The van der Waals surface area contributed by atoms with Crippen molar-refractivity contribution >= 4 is 5.97 Å². The van der Waals surface area contributed by atoms with Gasteiger partial charge in [-0.2, -0.15) is 0 Å². The second-order valence-corrected chi connectivity index (χ2v) is 3.29. The van der Waals surface area contributed by atoms with Crippen LogP contribution in [0.5, 0.6) is 0 Å². The molecular weight excluding hydrogens is 184 g/mol. The van der Waals surface area contributed by atoms with Crippen LogP contribution in [0, 0.1) is 0 Å². The van der Waals surface area contributed by atoms with Gasteiger partial charge in [-0.1, -0.05) is 12.2 Å². The number of hydrogen-bond donors (Lipinski definition) is 2. The van der Waals surface area contributed by atoms with Crippen molar-refractivity contribution in [2.24, 2.45) is 0 Å². The fourth-order valence-electron chi connectivity index (χ4n) is 1.19. The molecule has 0 unspecified atom stereocenters. The first-order valence-electron chi connectivity index (χ1n) is 4.51. The van der Waals surface area contributed by atoms with Crippen molar-refractivity contribution in [2.45, 2.75) is 31.7 Å². The van der Waals surface area contributed by atoms with E-state index < -0.39 is 18.2 Å². The van der Waals surface area contributed by atoms with Crippen LogP contribution in [0.4, 0.5) is 0 Å². The van der Waals surface area contributed by atoms with Crippen LogP contribution >= 0.6 is 0 Å². The summed E-state index contributed by atoms with van der Waals surface area (Å²) in [7, 11) is 0. The van der Waals surface area contributed by atoms with Crippen molar-refractivity contribution in [3.8, 4) is 0 Å². The summed E-state index contributed by atoms with van der Waals surface area (Å²) in [6.07, 6.45) is 3.87. The van der Waals surface area contributed by atoms with Crippen LogP contribution in [0.1, 0.15) is 13.3 Å². The minimum Gasteiger partial charge on any atom is -0.459 e. The zero-order valence-corrected chi connectivity index (χ0v) is 7.96. The molecule has 1 heterocycles. The Labute approximate surface area is 82.5 Å². The summed E-state index contributed by atoms with van der Waals surface area (Å²) in [6, 6.07) is 0. The number of carbonyl (C=O) groups is 1. The van der Waals surface area contributed by atoms with Crippen LogP contribution in [-0.4, -0.2) is 34.5 Å². The predicted molar refractivity (Wildman–Crippen MR) is 50.5 cm³/mol. The number of aliphatic hydroxyl groups excluding tert-OH is 2. The fraction of sp³-hybridized carbons (Fsp3) is 0.500. The molecule has 0 fully saturated rings. The van der Waals surface area contributed by atoms with Gasteiger partial charge < -0.3 is 14.9 Å². The fourth-order valence-corrected chi connectivity index (χ4v) is 1.19. The molecule has 1 aliphatic heterocycles. The highest BCUT2D eigenvalue weighted by atomic mass is 16.5. The molecule has 0 amide bonds. The van der Waals surface area contributed by atoms with Crippen LogP contribution in [0.15, 0.2) is 24.3 Å². The van der Waals surface area contributed by atoms with Gasteiger partial charge in [0.1, 0.15) is 6.10 Å². The Morgan fingerprint density at radius 3 is 2.79 bits per heavy atom. The number of ether oxygens (including phenoxy) is 1. The van der Waals surface area contributed by atoms with Crippen LogP contribution < -0.4 is 0 Å². The lowest BCUT2D eigenvalue weighted by molar-refractivity contribution is -0.143. The number of hydrogen-bond acceptors (Lipinski definition) is 4. The van der Waals surface area contributed by atoms with Gasteiger partial charge in [0.05, 0.1) is 12.2 Å². The molecule has 2 N–H and O–H groups in total. The van der Waals surface area contributed by atoms with E-state index >= 15 is 0 Å². The summed E-state index contributed by atoms with van der Waals surface area (Å²) in [5, 5.41) is 18.6. The van der Waals surface area contributed by atoms with E-state index in [9.17, 15) is 15.0 Å². The first-order chi connectivity index (χ1) is 6.58. The van der Waals surface area contributed by atoms with Crippen molar-refractivity contribution in [1.82, 2.24) is 0 Å². The number of cyclic esters (lactones) is 1. The molecule has 1 rings (SSSR count). The molecule has 0 saturated heterocycles. The van der Waals surface area contributed by atoms with Crippen LogP contribution in [0.3, 0.4) is 0 Å². The summed E-state index contributed by atoms with van der Waals surface area (Å²) in [6.45, 7) is 1.71.